The molecule has 0 heterocycles. The Morgan fingerprint density at radius 3 is 2.71 bits per heavy atom. The first-order chi connectivity index (χ1) is 10.1. The Kier molecular flexibility index (Phi) is 7.92. The van der Waals surface area contributed by atoms with E-state index in [1.54, 1.807) is 0 Å². The number of carbonyl (C=O) groups is 1. The molecule has 1 atom stereocenters. The molecule has 1 aromatic carbocycles. The summed E-state index contributed by atoms with van der Waals surface area (Å²) in [6.45, 7) is 4.35. The van der Waals surface area contributed by atoms with Crippen LogP contribution >= 0.6 is 0 Å². The van der Waals surface area contributed by atoms with Crippen LogP contribution in [0.4, 0.5) is 4.79 Å². The van der Waals surface area contributed by atoms with Crippen LogP contribution in [-0.4, -0.2) is 35.2 Å². The molecule has 0 aromatic heterocycles. The SMILES string of the molecule is CC(CCN(CCCC#N)Cc1ccccc1)NC(=O)O. The maximum Gasteiger partial charge on any atom is 0.404 e. The number of hydrogen-bond donors (Lipinski definition) is 2. The van der Waals surface area contributed by atoms with Crippen LogP contribution in [0.15, 0.2) is 30.3 Å². The van der Waals surface area contributed by atoms with E-state index in [1.165, 1.54) is 5.56 Å². The Morgan fingerprint density at radius 1 is 1.38 bits per heavy atom. The van der Waals surface area contributed by atoms with Gasteiger partial charge in [0.1, 0.15) is 0 Å². The molecule has 2 N–H and O–H groups in total. The summed E-state index contributed by atoms with van der Waals surface area (Å²) in [6, 6.07) is 12.3. The lowest BCUT2D eigenvalue weighted by molar-refractivity contribution is 0.187. The second-order valence-corrected chi connectivity index (χ2v) is 5.16. The molecule has 0 saturated carbocycles. The van der Waals surface area contributed by atoms with E-state index in [9.17, 15) is 4.79 Å². The number of hydrogen-bond acceptors (Lipinski definition) is 3. The molecule has 0 spiro atoms. The number of nitriles is 1. The van der Waals surface area contributed by atoms with Crippen LogP contribution in [0.5, 0.6) is 0 Å². The molecular weight excluding hydrogens is 266 g/mol. The molecule has 0 saturated heterocycles. The smallest absolute Gasteiger partial charge is 0.404 e. The number of nitrogens with one attached hydrogen (secondary N) is 1. The van der Waals surface area contributed by atoms with Gasteiger partial charge in [0.25, 0.3) is 0 Å². The Morgan fingerprint density at radius 2 is 2.10 bits per heavy atom. The van der Waals surface area contributed by atoms with Gasteiger partial charge in [-0.1, -0.05) is 30.3 Å². The van der Waals surface area contributed by atoms with Crippen LogP contribution in [0.25, 0.3) is 0 Å². The first-order valence-corrected chi connectivity index (χ1v) is 7.24. The first kappa shape index (κ1) is 17.0. The van der Waals surface area contributed by atoms with Gasteiger partial charge in [-0.25, -0.2) is 4.79 Å². The average Bonchev–Trinajstić information content (AvgIpc) is 2.45. The molecule has 0 bridgehead atoms. The van der Waals surface area contributed by atoms with E-state index in [0.717, 1.165) is 32.5 Å². The highest BCUT2D eigenvalue weighted by atomic mass is 16.4. The summed E-state index contributed by atoms with van der Waals surface area (Å²) >= 11 is 0. The van der Waals surface area contributed by atoms with Crippen molar-refractivity contribution in [2.75, 3.05) is 13.1 Å². The van der Waals surface area contributed by atoms with Crippen LogP contribution < -0.4 is 5.32 Å². The maximum atomic E-state index is 10.6. The summed E-state index contributed by atoms with van der Waals surface area (Å²) in [7, 11) is 0. The highest BCUT2D eigenvalue weighted by Crippen LogP contribution is 2.07. The summed E-state index contributed by atoms with van der Waals surface area (Å²) in [5.74, 6) is 0. The molecular formula is C16H23N3O2. The molecule has 0 fully saturated rings. The number of amides is 1. The van der Waals surface area contributed by atoms with Crippen LogP contribution in [0.3, 0.4) is 0 Å². The van der Waals surface area contributed by atoms with E-state index in [0.29, 0.717) is 6.42 Å². The van der Waals surface area contributed by atoms with Crippen molar-refractivity contribution in [2.45, 2.75) is 38.8 Å². The van der Waals surface area contributed by atoms with Gasteiger partial charge < -0.3 is 10.4 Å². The number of benzene rings is 1. The molecule has 0 radical (unpaired) electrons. The number of carboxylic acid groups (broad SMARTS) is 1. The zero-order valence-electron chi connectivity index (χ0n) is 12.5. The summed E-state index contributed by atoms with van der Waals surface area (Å²) in [5.41, 5.74) is 1.23. The van der Waals surface area contributed by atoms with Crippen molar-refractivity contribution in [2.24, 2.45) is 0 Å². The molecule has 5 nitrogen and oxygen atoms in total. The molecule has 1 aromatic rings. The third-order valence-electron chi connectivity index (χ3n) is 3.26. The summed E-state index contributed by atoms with van der Waals surface area (Å²) < 4.78 is 0. The van der Waals surface area contributed by atoms with E-state index in [1.807, 2.05) is 25.1 Å². The quantitative estimate of drug-likeness (QED) is 0.685. The van der Waals surface area contributed by atoms with Crippen molar-refractivity contribution >= 4 is 6.09 Å². The van der Waals surface area contributed by atoms with Crippen molar-refractivity contribution in [1.29, 1.82) is 5.26 Å². The summed E-state index contributed by atoms with van der Waals surface area (Å²) in [5, 5.41) is 19.8. The van der Waals surface area contributed by atoms with E-state index in [2.05, 4.69) is 28.4 Å². The van der Waals surface area contributed by atoms with Crippen molar-refractivity contribution in [3.05, 3.63) is 35.9 Å². The summed E-state index contributed by atoms with van der Waals surface area (Å²) in [6.07, 6.45) is 1.16. The molecule has 0 aliphatic heterocycles. The molecule has 0 aliphatic rings. The fourth-order valence-corrected chi connectivity index (χ4v) is 2.15. The van der Waals surface area contributed by atoms with Gasteiger partial charge in [0, 0.05) is 25.6 Å². The Labute approximate surface area is 126 Å². The minimum absolute atomic E-state index is 0.0725. The fourth-order valence-electron chi connectivity index (χ4n) is 2.15. The van der Waals surface area contributed by atoms with Gasteiger partial charge in [-0.15, -0.1) is 0 Å². The third kappa shape index (κ3) is 7.95. The highest BCUT2D eigenvalue weighted by Gasteiger charge is 2.10. The predicted molar refractivity (Wildman–Crippen MR) is 81.8 cm³/mol. The number of nitrogens with zero attached hydrogens (tertiary/aromatic N) is 2. The lowest BCUT2D eigenvalue weighted by atomic mass is 10.1. The van der Waals surface area contributed by atoms with E-state index >= 15 is 0 Å². The second kappa shape index (κ2) is 9.78. The van der Waals surface area contributed by atoms with E-state index in [-0.39, 0.29) is 6.04 Å². The normalized spacial score (nSPS) is 11.9. The van der Waals surface area contributed by atoms with Crippen LogP contribution in [0.2, 0.25) is 0 Å². The Hall–Kier alpha value is -2.06. The molecule has 114 valence electrons. The van der Waals surface area contributed by atoms with Gasteiger partial charge in [-0.3, -0.25) is 4.90 Å². The highest BCUT2D eigenvalue weighted by molar-refractivity contribution is 5.64. The first-order valence-electron chi connectivity index (χ1n) is 7.24. The zero-order valence-corrected chi connectivity index (χ0v) is 12.5. The maximum absolute atomic E-state index is 10.6. The van der Waals surface area contributed by atoms with Gasteiger partial charge in [-0.2, -0.15) is 5.26 Å². The van der Waals surface area contributed by atoms with Gasteiger partial charge in [0.05, 0.1) is 6.07 Å². The lowest BCUT2D eigenvalue weighted by Crippen LogP contribution is -2.35. The Balaban J connectivity index is 2.48. The van der Waals surface area contributed by atoms with E-state index < -0.39 is 6.09 Å². The third-order valence-corrected chi connectivity index (χ3v) is 3.26. The number of unbranched alkanes of at least 4 members (excludes halogenated alkanes) is 1. The van der Waals surface area contributed by atoms with Crippen LogP contribution in [-0.2, 0) is 6.54 Å². The summed E-state index contributed by atoms with van der Waals surface area (Å²) in [4.78, 5) is 12.9. The zero-order chi connectivity index (χ0) is 15.5. The molecule has 1 rings (SSSR count). The number of rotatable bonds is 9. The monoisotopic (exact) mass is 289 g/mol. The van der Waals surface area contributed by atoms with Gasteiger partial charge >= 0.3 is 6.09 Å². The van der Waals surface area contributed by atoms with Crippen LogP contribution in [0.1, 0.15) is 31.7 Å². The molecule has 1 amide bonds. The topological polar surface area (TPSA) is 76.4 Å². The minimum Gasteiger partial charge on any atom is -0.465 e. The largest absolute Gasteiger partial charge is 0.465 e. The van der Waals surface area contributed by atoms with Gasteiger partial charge in [0.2, 0.25) is 0 Å². The van der Waals surface area contributed by atoms with Crippen molar-refractivity contribution in [1.82, 2.24) is 10.2 Å². The minimum atomic E-state index is -0.985. The lowest BCUT2D eigenvalue weighted by Gasteiger charge is -2.23. The molecule has 1 unspecified atom stereocenters. The Bertz CT molecular complexity index is 456. The molecule has 21 heavy (non-hydrogen) atoms. The molecule has 0 aliphatic carbocycles. The van der Waals surface area contributed by atoms with Gasteiger partial charge in [0.15, 0.2) is 0 Å². The van der Waals surface area contributed by atoms with E-state index in [4.69, 9.17) is 10.4 Å². The molecule has 5 heteroatoms. The van der Waals surface area contributed by atoms with Crippen molar-refractivity contribution in [3.63, 3.8) is 0 Å². The van der Waals surface area contributed by atoms with Gasteiger partial charge in [-0.05, 0) is 31.9 Å². The standard InChI is InChI=1S/C16H23N3O2/c1-14(18-16(20)21)9-12-19(11-6-5-10-17)13-15-7-3-2-4-8-15/h2-4,7-8,14,18H,5-6,9,11-13H2,1H3,(H,20,21). The average molecular weight is 289 g/mol. The fraction of sp³-hybridized carbons (Fsp3) is 0.500. The predicted octanol–water partition coefficient (Wildman–Crippen LogP) is 2.84. The second-order valence-electron chi connectivity index (χ2n) is 5.16. The van der Waals surface area contributed by atoms with Crippen LogP contribution in [0, 0.1) is 11.3 Å². The van der Waals surface area contributed by atoms with Crippen molar-refractivity contribution < 1.29 is 9.90 Å². The van der Waals surface area contributed by atoms with Crippen molar-refractivity contribution in [3.8, 4) is 6.07 Å².